The summed E-state index contributed by atoms with van der Waals surface area (Å²) in [5.74, 6) is -0.209. The van der Waals surface area contributed by atoms with Crippen LogP contribution in [-0.2, 0) is 21.5 Å². The molecule has 40 heavy (non-hydrogen) atoms. The number of aryl methyl sites for hydroxylation is 1. The van der Waals surface area contributed by atoms with Crippen LogP contribution in [0.3, 0.4) is 0 Å². The van der Waals surface area contributed by atoms with E-state index < -0.39 is 5.41 Å². The number of amides is 2. The van der Waals surface area contributed by atoms with E-state index in [4.69, 9.17) is 5.10 Å². The number of carbonyl (C=O) groups excluding carboxylic acids is 2. The molecule has 1 N–H and O–H groups in total. The molecule has 0 fully saturated rings. The van der Waals surface area contributed by atoms with Gasteiger partial charge in [0.15, 0.2) is 0 Å². The number of rotatable bonds is 6. The van der Waals surface area contributed by atoms with E-state index in [1.807, 2.05) is 55.5 Å². The number of hydrogen-bond acceptors (Lipinski definition) is 5. The van der Waals surface area contributed by atoms with Gasteiger partial charge in [0.2, 0.25) is 11.8 Å². The Morgan fingerprint density at radius 1 is 1.10 bits per heavy atom. The van der Waals surface area contributed by atoms with Gasteiger partial charge in [0.1, 0.15) is 18.2 Å². The first-order valence-electron chi connectivity index (χ1n) is 13.2. The summed E-state index contributed by atoms with van der Waals surface area (Å²) in [5.41, 5.74) is 4.49. The topological polar surface area (TPSA) is 80.1 Å². The second kappa shape index (κ2) is 11.3. The van der Waals surface area contributed by atoms with Crippen molar-refractivity contribution in [2.24, 2.45) is 0 Å². The molecule has 0 saturated heterocycles. The van der Waals surface area contributed by atoms with Crippen molar-refractivity contribution >= 4 is 29.4 Å². The van der Waals surface area contributed by atoms with Crippen LogP contribution in [0.4, 0.5) is 10.2 Å². The monoisotopic (exact) mass is 557 g/mol. The third-order valence-corrected chi connectivity index (χ3v) is 7.95. The summed E-state index contributed by atoms with van der Waals surface area (Å²) in [4.78, 5) is 32.8. The van der Waals surface area contributed by atoms with Gasteiger partial charge in [-0.15, -0.1) is 11.8 Å². The molecule has 4 aromatic rings. The summed E-state index contributed by atoms with van der Waals surface area (Å²) >= 11 is 1.43. The van der Waals surface area contributed by atoms with Gasteiger partial charge in [-0.1, -0.05) is 51.1 Å². The molecule has 7 nitrogen and oxygen atoms in total. The number of nitrogens with one attached hydrogen (secondary N) is 1. The summed E-state index contributed by atoms with van der Waals surface area (Å²) in [5, 5.41) is 7.61. The average Bonchev–Trinajstić information content (AvgIpc) is 3.26. The Hall–Kier alpha value is -3.98. The summed E-state index contributed by atoms with van der Waals surface area (Å²) in [6.07, 6.45) is 1.67. The molecular formula is C31H32FN5O2S. The number of aromatic nitrogens is 3. The third kappa shape index (κ3) is 5.79. The van der Waals surface area contributed by atoms with Gasteiger partial charge in [-0.25, -0.2) is 9.07 Å². The van der Waals surface area contributed by atoms with Gasteiger partial charge in [0.25, 0.3) is 0 Å². The molecule has 0 radical (unpaired) electrons. The average molecular weight is 558 g/mol. The van der Waals surface area contributed by atoms with Gasteiger partial charge in [-0.3, -0.25) is 19.5 Å². The van der Waals surface area contributed by atoms with Crippen LogP contribution >= 0.6 is 11.8 Å². The number of halogens is 1. The van der Waals surface area contributed by atoms with E-state index in [0.29, 0.717) is 5.82 Å². The van der Waals surface area contributed by atoms with E-state index in [1.165, 1.54) is 28.8 Å². The number of hydrogen-bond donors (Lipinski definition) is 1. The lowest BCUT2D eigenvalue weighted by Gasteiger charge is -2.24. The van der Waals surface area contributed by atoms with E-state index in [1.54, 1.807) is 16.9 Å². The summed E-state index contributed by atoms with van der Waals surface area (Å²) in [6.45, 7) is 8.27. The molecule has 9 heteroatoms. The van der Waals surface area contributed by atoms with Gasteiger partial charge in [-0.05, 0) is 54.4 Å². The molecule has 0 aliphatic carbocycles. The maximum absolute atomic E-state index is 14.4. The predicted molar refractivity (Wildman–Crippen MR) is 156 cm³/mol. The Kier molecular flexibility index (Phi) is 7.76. The molecule has 206 valence electrons. The lowest BCUT2D eigenvalue weighted by molar-refractivity contribution is -0.123. The second-order valence-corrected chi connectivity index (χ2v) is 12.0. The Bertz CT molecular complexity index is 1550. The second-order valence-electron chi connectivity index (χ2n) is 10.9. The lowest BCUT2D eigenvalue weighted by Crippen LogP contribution is -2.42. The normalized spacial score (nSPS) is 15.5. The Balaban J connectivity index is 1.66. The zero-order chi connectivity index (χ0) is 28.4. The number of pyridine rings is 1. The quantitative estimate of drug-likeness (QED) is 0.339. The van der Waals surface area contributed by atoms with Crippen molar-refractivity contribution in [2.75, 3.05) is 17.2 Å². The summed E-state index contributed by atoms with van der Waals surface area (Å²) in [7, 11) is 0. The number of carbonyl (C=O) groups is 2. The molecule has 0 unspecified atom stereocenters. The van der Waals surface area contributed by atoms with Crippen LogP contribution in [0.2, 0.25) is 0 Å². The van der Waals surface area contributed by atoms with Gasteiger partial charge in [0, 0.05) is 17.2 Å². The van der Waals surface area contributed by atoms with Crippen molar-refractivity contribution < 1.29 is 14.0 Å². The van der Waals surface area contributed by atoms with Crippen LogP contribution in [-0.4, -0.2) is 38.9 Å². The van der Waals surface area contributed by atoms with E-state index in [0.717, 1.165) is 33.8 Å². The van der Waals surface area contributed by atoms with E-state index >= 15 is 0 Å². The molecule has 1 aliphatic rings. The first-order valence-corrected chi connectivity index (χ1v) is 14.2. The van der Waals surface area contributed by atoms with Crippen molar-refractivity contribution in [3.05, 3.63) is 107 Å². The Morgan fingerprint density at radius 3 is 2.60 bits per heavy atom. The van der Waals surface area contributed by atoms with E-state index in [2.05, 4.69) is 31.1 Å². The maximum Gasteiger partial charge on any atom is 0.240 e. The number of nitrogens with zero attached hydrogens (tertiary/aromatic N) is 4. The maximum atomic E-state index is 14.4. The van der Waals surface area contributed by atoms with Crippen LogP contribution in [0.5, 0.6) is 0 Å². The molecule has 0 saturated carbocycles. The van der Waals surface area contributed by atoms with E-state index in [-0.39, 0.29) is 41.7 Å². The number of anilines is 1. The zero-order valence-electron chi connectivity index (χ0n) is 23.0. The highest BCUT2D eigenvalue weighted by Gasteiger charge is 2.40. The summed E-state index contributed by atoms with van der Waals surface area (Å²) in [6, 6.07) is 19.9. The zero-order valence-corrected chi connectivity index (χ0v) is 23.8. The SMILES string of the molecule is Cc1cccc(-n2nc(C(C)(C)C)c3c2N(CC(=O)NCc2ccccn2)C(=O)CS[C@H]3c2cccc(F)c2)c1. The fourth-order valence-corrected chi connectivity index (χ4v) is 6.02. The molecule has 3 heterocycles. The fourth-order valence-electron chi connectivity index (χ4n) is 4.84. The minimum absolute atomic E-state index is 0.126. The highest BCUT2D eigenvalue weighted by atomic mass is 32.2. The number of benzene rings is 2. The smallest absolute Gasteiger partial charge is 0.240 e. The van der Waals surface area contributed by atoms with Crippen molar-refractivity contribution in [3.8, 4) is 5.69 Å². The van der Waals surface area contributed by atoms with Gasteiger partial charge >= 0.3 is 0 Å². The third-order valence-electron chi connectivity index (χ3n) is 6.69. The van der Waals surface area contributed by atoms with Crippen LogP contribution in [0.1, 0.15) is 54.1 Å². The van der Waals surface area contributed by atoms with Crippen molar-refractivity contribution in [3.63, 3.8) is 0 Å². The molecule has 1 aliphatic heterocycles. The Morgan fingerprint density at radius 2 is 1.90 bits per heavy atom. The minimum Gasteiger partial charge on any atom is -0.349 e. The van der Waals surface area contributed by atoms with Crippen molar-refractivity contribution in [2.45, 2.75) is 44.9 Å². The first-order chi connectivity index (χ1) is 19.1. The van der Waals surface area contributed by atoms with Crippen LogP contribution in [0.25, 0.3) is 5.69 Å². The van der Waals surface area contributed by atoms with Gasteiger partial charge in [-0.2, -0.15) is 5.10 Å². The van der Waals surface area contributed by atoms with Gasteiger partial charge in [0.05, 0.1) is 34.6 Å². The van der Waals surface area contributed by atoms with Crippen LogP contribution < -0.4 is 10.2 Å². The Labute approximate surface area is 237 Å². The molecule has 0 spiro atoms. The summed E-state index contributed by atoms with van der Waals surface area (Å²) < 4.78 is 16.2. The molecular weight excluding hydrogens is 525 g/mol. The molecule has 0 bridgehead atoms. The van der Waals surface area contributed by atoms with Crippen LogP contribution in [0, 0.1) is 12.7 Å². The fraction of sp³-hybridized carbons (Fsp3) is 0.290. The van der Waals surface area contributed by atoms with Crippen LogP contribution in [0.15, 0.2) is 72.9 Å². The molecule has 2 amide bonds. The standard InChI is InChI=1S/C31H32FN5O2S/c1-20-9-7-13-24(15-20)37-30-27(29(35-37)31(2,3)4)28(21-10-8-11-22(32)16-21)40-19-26(39)36(30)18-25(38)34-17-23-12-5-6-14-33-23/h5-16,28H,17-19H2,1-4H3,(H,34,38)/t28-/m0/s1. The minimum atomic E-state index is -0.397. The molecule has 1 atom stereocenters. The van der Waals surface area contributed by atoms with Crippen molar-refractivity contribution in [1.82, 2.24) is 20.1 Å². The first kappa shape index (κ1) is 27.6. The van der Waals surface area contributed by atoms with Gasteiger partial charge < -0.3 is 5.32 Å². The highest BCUT2D eigenvalue weighted by Crippen LogP contribution is 2.48. The largest absolute Gasteiger partial charge is 0.349 e. The molecule has 2 aromatic heterocycles. The lowest BCUT2D eigenvalue weighted by atomic mass is 9.87. The predicted octanol–water partition coefficient (Wildman–Crippen LogP) is 5.50. The van der Waals surface area contributed by atoms with Crippen molar-refractivity contribution in [1.29, 1.82) is 0 Å². The highest BCUT2D eigenvalue weighted by molar-refractivity contribution is 8.00. The van der Waals surface area contributed by atoms with E-state index in [9.17, 15) is 14.0 Å². The molecule has 5 rings (SSSR count). The number of fused-ring (bicyclic) bond motifs is 1. The number of thioether (sulfide) groups is 1. The molecule has 2 aromatic carbocycles.